The molecule has 3 rings (SSSR count). The van der Waals surface area contributed by atoms with Crippen molar-refractivity contribution < 1.29 is 8.42 Å². The maximum absolute atomic E-state index is 11.8. The van der Waals surface area contributed by atoms with Crippen molar-refractivity contribution in [2.75, 3.05) is 24.2 Å². The molecular formula is C15H23N3O2S. The number of sulfonamides is 1. The lowest BCUT2D eigenvalue weighted by molar-refractivity contribution is 0.337. The third kappa shape index (κ3) is 2.87. The zero-order chi connectivity index (χ0) is 15.2. The van der Waals surface area contributed by atoms with Crippen molar-refractivity contribution in [1.82, 2.24) is 0 Å². The zero-order valence-electron chi connectivity index (χ0n) is 12.3. The minimum atomic E-state index is -3.77. The van der Waals surface area contributed by atoms with Crippen LogP contribution in [0.25, 0.3) is 0 Å². The monoisotopic (exact) mass is 309 g/mol. The topological polar surface area (TPSA) is 89.4 Å². The molecule has 0 aromatic heterocycles. The molecular weight excluding hydrogens is 286 g/mol. The van der Waals surface area contributed by atoms with Crippen LogP contribution < -0.4 is 15.8 Å². The Balaban J connectivity index is 1.83. The predicted octanol–water partition coefficient (Wildman–Crippen LogP) is 1.79. The molecule has 4 N–H and O–H groups in total. The summed E-state index contributed by atoms with van der Waals surface area (Å²) in [6.45, 7) is 0.883. The van der Waals surface area contributed by atoms with E-state index in [2.05, 4.69) is 0 Å². The van der Waals surface area contributed by atoms with Crippen molar-refractivity contribution in [3.05, 3.63) is 18.2 Å². The SMILES string of the molecule is CN(CC1CC2CCC1C2)c1ccc(N)cc1S(N)(=O)=O. The lowest BCUT2D eigenvalue weighted by Crippen LogP contribution is -2.30. The van der Waals surface area contributed by atoms with Gasteiger partial charge in [0.25, 0.3) is 0 Å². The Morgan fingerprint density at radius 3 is 2.62 bits per heavy atom. The van der Waals surface area contributed by atoms with Gasteiger partial charge in [-0.2, -0.15) is 0 Å². The van der Waals surface area contributed by atoms with Crippen molar-refractivity contribution in [3.63, 3.8) is 0 Å². The van der Waals surface area contributed by atoms with Gasteiger partial charge in [-0.15, -0.1) is 0 Å². The molecule has 3 atom stereocenters. The Morgan fingerprint density at radius 1 is 1.29 bits per heavy atom. The van der Waals surface area contributed by atoms with Crippen LogP contribution in [0, 0.1) is 17.8 Å². The number of hydrogen-bond acceptors (Lipinski definition) is 4. The average molecular weight is 309 g/mol. The third-order valence-electron chi connectivity index (χ3n) is 5.09. The number of fused-ring (bicyclic) bond motifs is 2. The first-order chi connectivity index (χ1) is 9.84. The van der Waals surface area contributed by atoms with E-state index in [1.54, 1.807) is 12.1 Å². The Hall–Kier alpha value is -1.27. The van der Waals surface area contributed by atoms with Gasteiger partial charge >= 0.3 is 0 Å². The van der Waals surface area contributed by atoms with Crippen LogP contribution in [0.1, 0.15) is 25.7 Å². The molecule has 116 valence electrons. The maximum Gasteiger partial charge on any atom is 0.240 e. The average Bonchev–Trinajstić information content (AvgIpc) is 2.99. The van der Waals surface area contributed by atoms with E-state index in [1.807, 2.05) is 11.9 Å². The molecule has 1 aromatic carbocycles. The van der Waals surface area contributed by atoms with Gasteiger partial charge in [0.05, 0.1) is 5.69 Å². The smallest absolute Gasteiger partial charge is 0.240 e. The van der Waals surface area contributed by atoms with Crippen molar-refractivity contribution >= 4 is 21.4 Å². The van der Waals surface area contributed by atoms with E-state index >= 15 is 0 Å². The minimum absolute atomic E-state index is 0.119. The lowest BCUT2D eigenvalue weighted by atomic mass is 9.88. The van der Waals surface area contributed by atoms with Gasteiger partial charge in [-0.05, 0) is 55.2 Å². The van der Waals surface area contributed by atoms with Gasteiger partial charge in [0.2, 0.25) is 10.0 Å². The highest BCUT2D eigenvalue weighted by Gasteiger charge is 2.39. The fourth-order valence-corrected chi connectivity index (χ4v) is 4.94. The van der Waals surface area contributed by atoms with Crippen molar-refractivity contribution in [2.45, 2.75) is 30.6 Å². The van der Waals surface area contributed by atoms with Gasteiger partial charge in [0.15, 0.2) is 0 Å². The quantitative estimate of drug-likeness (QED) is 0.830. The summed E-state index contributed by atoms with van der Waals surface area (Å²) in [6.07, 6.45) is 5.32. The number of benzene rings is 1. The van der Waals surface area contributed by atoms with E-state index in [9.17, 15) is 8.42 Å². The molecule has 0 aliphatic heterocycles. The van der Waals surface area contributed by atoms with E-state index in [0.29, 0.717) is 17.3 Å². The van der Waals surface area contributed by atoms with E-state index in [-0.39, 0.29) is 4.90 Å². The van der Waals surface area contributed by atoms with Crippen LogP contribution in [0.5, 0.6) is 0 Å². The summed E-state index contributed by atoms with van der Waals surface area (Å²) < 4.78 is 23.5. The van der Waals surface area contributed by atoms with Crippen LogP contribution >= 0.6 is 0 Å². The largest absolute Gasteiger partial charge is 0.399 e. The van der Waals surface area contributed by atoms with Gasteiger partial charge in [0.1, 0.15) is 4.90 Å². The second-order valence-corrected chi connectivity index (χ2v) is 8.12. The second-order valence-electron chi connectivity index (χ2n) is 6.59. The molecule has 2 fully saturated rings. The number of rotatable bonds is 4. The van der Waals surface area contributed by atoms with Crippen LogP contribution in [-0.4, -0.2) is 22.0 Å². The Kier molecular flexibility index (Phi) is 3.61. The van der Waals surface area contributed by atoms with Crippen LogP contribution in [0.15, 0.2) is 23.1 Å². The summed E-state index contributed by atoms with van der Waals surface area (Å²) in [5, 5.41) is 5.32. The molecule has 2 saturated carbocycles. The maximum atomic E-state index is 11.8. The fourth-order valence-electron chi connectivity index (χ4n) is 4.12. The van der Waals surface area contributed by atoms with E-state index < -0.39 is 10.0 Å². The number of nitrogens with two attached hydrogens (primary N) is 2. The third-order valence-corrected chi connectivity index (χ3v) is 6.03. The summed E-state index contributed by atoms with van der Waals surface area (Å²) in [5.41, 5.74) is 6.76. The molecule has 0 heterocycles. The molecule has 2 aliphatic rings. The number of hydrogen-bond donors (Lipinski definition) is 2. The molecule has 5 nitrogen and oxygen atoms in total. The van der Waals surface area contributed by atoms with Crippen LogP contribution in [0.2, 0.25) is 0 Å². The van der Waals surface area contributed by atoms with Crippen molar-refractivity contribution in [1.29, 1.82) is 0 Å². The standard InChI is InChI=1S/C15H23N3O2S/c1-18(9-12-7-10-2-3-11(12)6-10)14-5-4-13(16)8-15(14)21(17,19)20/h4-5,8,10-12H,2-3,6-7,9,16H2,1H3,(H2,17,19,20). The van der Waals surface area contributed by atoms with Crippen LogP contribution in [-0.2, 0) is 10.0 Å². The molecule has 0 saturated heterocycles. The number of primary sulfonamides is 1. The Labute approximate surface area is 126 Å². The highest BCUT2D eigenvalue weighted by Crippen LogP contribution is 2.48. The first-order valence-electron chi connectivity index (χ1n) is 7.48. The van der Waals surface area contributed by atoms with Crippen LogP contribution in [0.4, 0.5) is 11.4 Å². The molecule has 0 radical (unpaired) electrons. The predicted molar refractivity (Wildman–Crippen MR) is 84.4 cm³/mol. The van der Waals surface area contributed by atoms with Gasteiger partial charge in [-0.3, -0.25) is 0 Å². The first kappa shape index (κ1) is 14.7. The molecule has 0 amide bonds. The summed E-state index contributed by atoms with van der Waals surface area (Å²) >= 11 is 0. The van der Waals surface area contributed by atoms with Crippen LogP contribution in [0.3, 0.4) is 0 Å². The molecule has 21 heavy (non-hydrogen) atoms. The fraction of sp³-hybridized carbons (Fsp3) is 0.600. The Morgan fingerprint density at radius 2 is 2.05 bits per heavy atom. The summed E-state index contributed by atoms with van der Waals surface area (Å²) in [5.74, 6) is 2.36. The normalized spacial score (nSPS) is 28.0. The van der Waals surface area contributed by atoms with E-state index in [0.717, 1.165) is 18.4 Å². The lowest BCUT2D eigenvalue weighted by Gasteiger charge is -2.29. The molecule has 1 aromatic rings. The first-order valence-corrected chi connectivity index (χ1v) is 9.02. The van der Waals surface area contributed by atoms with Crippen molar-refractivity contribution in [3.8, 4) is 0 Å². The second kappa shape index (κ2) is 5.18. The van der Waals surface area contributed by atoms with E-state index in [1.165, 1.54) is 31.7 Å². The van der Waals surface area contributed by atoms with E-state index in [4.69, 9.17) is 10.9 Å². The number of anilines is 2. The molecule has 2 bridgehead atoms. The number of nitrogens with zero attached hydrogens (tertiary/aromatic N) is 1. The summed E-state index contributed by atoms with van der Waals surface area (Å²) in [6, 6.07) is 4.92. The highest BCUT2D eigenvalue weighted by atomic mass is 32.2. The highest BCUT2D eigenvalue weighted by molar-refractivity contribution is 7.89. The van der Waals surface area contributed by atoms with Gasteiger partial charge in [0, 0.05) is 19.3 Å². The van der Waals surface area contributed by atoms with Crippen molar-refractivity contribution in [2.24, 2.45) is 22.9 Å². The minimum Gasteiger partial charge on any atom is -0.399 e. The van der Waals surface area contributed by atoms with Gasteiger partial charge < -0.3 is 10.6 Å². The molecule has 6 heteroatoms. The van der Waals surface area contributed by atoms with Gasteiger partial charge in [-0.1, -0.05) is 6.42 Å². The number of nitrogen functional groups attached to an aromatic ring is 1. The molecule has 3 unspecified atom stereocenters. The summed E-state index contributed by atoms with van der Waals surface area (Å²) in [4.78, 5) is 2.14. The Bertz CT molecular complexity index is 644. The molecule has 2 aliphatic carbocycles. The molecule has 0 spiro atoms. The van der Waals surface area contributed by atoms with Gasteiger partial charge in [-0.25, -0.2) is 13.6 Å². The summed E-state index contributed by atoms with van der Waals surface area (Å²) in [7, 11) is -1.83. The zero-order valence-corrected chi connectivity index (χ0v) is 13.1.